The number of hydrogen-bond acceptors (Lipinski definition) is 1. The summed E-state index contributed by atoms with van der Waals surface area (Å²) < 4.78 is 289. The van der Waals surface area contributed by atoms with E-state index in [1.807, 2.05) is 0 Å². The van der Waals surface area contributed by atoms with Crippen LogP contribution in [0.1, 0.15) is 67.4 Å². The first-order valence-corrected chi connectivity index (χ1v) is 15.7. The summed E-state index contributed by atoms with van der Waals surface area (Å²) in [4.78, 5) is 0. The highest BCUT2D eigenvalue weighted by molar-refractivity contribution is 6.27. The molecular weight excluding hydrogens is 629 g/mol. The van der Waals surface area contributed by atoms with Crippen LogP contribution in [0.15, 0.2) is 174 Å². The van der Waals surface area contributed by atoms with E-state index in [0.29, 0.717) is 0 Å². The Labute approximate surface area is 346 Å². The van der Waals surface area contributed by atoms with Crippen LogP contribution in [0.3, 0.4) is 0 Å². The second-order valence-corrected chi connectivity index (χ2v) is 12.1. The van der Waals surface area contributed by atoms with Crippen LogP contribution in [0.4, 0.5) is 0 Å². The van der Waals surface area contributed by atoms with Crippen molar-refractivity contribution in [2.24, 2.45) is 0 Å². The lowest BCUT2D eigenvalue weighted by atomic mass is 9.80. The standard InChI is InChI=1S/C51H34O/c1-51(2)44-29-33(31-13-4-3-5-14-31)24-26-36(44)37-27-25-34(30-45(37)51)47-38-17-8-10-19-40(38)48(41-20-11-9-18-39(41)47)42-21-12-22-46-49(42)43-28-23-32-15-6-7-16-35(32)50(43)52-46/h3-30H,1-2H3/i1D3,3D,4D,5D,6D,7D,8D,9D,10D,11D,12D,13D,14D,15D,16D,17D,18D,19D,20D,21D,22D,23D,24D,25D,26D,27D,28D,29D,30D. The molecule has 0 spiro atoms. The quantitative estimate of drug-likeness (QED) is 0.168. The van der Waals surface area contributed by atoms with Crippen LogP contribution in [0.25, 0.3) is 98.8 Å². The molecule has 0 saturated heterocycles. The van der Waals surface area contributed by atoms with Gasteiger partial charge in [0, 0.05) is 25.7 Å². The van der Waals surface area contributed by atoms with Crippen LogP contribution in [0, 0.1) is 0 Å². The summed E-state index contributed by atoms with van der Waals surface area (Å²) in [6.45, 7) is -2.52. The van der Waals surface area contributed by atoms with E-state index in [0.717, 1.165) is 6.92 Å². The van der Waals surface area contributed by atoms with Crippen LogP contribution in [0.5, 0.6) is 0 Å². The molecule has 1 atom stereocenters. The van der Waals surface area contributed by atoms with Crippen LogP contribution >= 0.6 is 0 Å². The molecule has 0 saturated carbocycles. The van der Waals surface area contributed by atoms with E-state index >= 15 is 0 Å². The van der Waals surface area contributed by atoms with Gasteiger partial charge in [-0.1, -0.05) is 159 Å². The van der Waals surface area contributed by atoms with Gasteiger partial charge in [-0.3, -0.25) is 0 Å². The van der Waals surface area contributed by atoms with E-state index in [4.69, 9.17) is 30.5 Å². The molecule has 1 heterocycles. The molecule has 0 bridgehead atoms. The first kappa shape index (κ1) is 12.1. The minimum Gasteiger partial charge on any atom is -0.455 e. The monoisotopic (exact) mass is 693 g/mol. The van der Waals surface area contributed by atoms with Crippen molar-refractivity contribution in [3.63, 3.8) is 0 Å². The first-order chi connectivity index (χ1) is 38.5. The molecule has 1 nitrogen and oxygen atoms in total. The maximum Gasteiger partial charge on any atom is 0.143 e. The fraction of sp³-hybridized carbons (Fsp3) is 0.0588. The zero-order valence-corrected chi connectivity index (χ0v) is 26.4. The lowest BCUT2D eigenvalue weighted by Crippen LogP contribution is -2.15. The second kappa shape index (κ2) is 10.8. The van der Waals surface area contributed by atoms with Crippen molar-refractivity contribution in [1.29, 1.82) is 0 Å². The molecule has 1 heteroatoms. The second-order valence-electron chi connectivity index (χ2n) is 12.1. The van der Waals surface area contributed by atoms with E-state index in [1.165, 1.54) is 0 Å². The third-order valence-electron chi connectivity index (χ3n) is 9.25. The highest BCUT2D eigenvalue weighted by atomic mass is 16.3. The van der Waals surface area contributed by atoms with E-state index in [9.17, 15) is 16.4 Å². The number of rotatable bonds is 3. The van der Waals surface area contributed by atoms with Crippen molar-refractivity contribution in [3.05, 3.63) is 180 Å². The zero-order valence-electron chi connectivity index (χ0n) is 57.4. The minimum atomic E-state index is -3.49. The molecule has 0 fully saturated rings. The minimum absolute atomic E-state index is 0.486. The fourth-order valence-electron chi connectivity index (χ4n) is 6.97. The molecule has 11 rings (SSSR count). The van der Waals surface area contributed by atoms with Gasteiger partial charge < -0.3 is 4.42 Å². The van der Waals surface area contributed by atoms with Crippen molar-refractivity contribution in [2.45, 2.75) is 19.2 Å². The summed E-state index contributed by atoms with van der Waals surface area (Å²) in [6.07, 6.45) is 0. The molecule has 0 N–H and O–H groups in total. The third-order valence-corrected chi connectivity index (χ3v) is 9.25. The molecule has 1 aromatic heterocycles. The lowest BCUT2D eigenvalue weighted by Gasteiger charge is -2.23. The fourth-order valence-corrected chi connectivity index (χ4v) is 6.97. The maximum atomic E-state index is 10.2. The van der Waals surface area contributed by atoms with Crippen LogP contribution in [-0.2, 0) is 5.41 Å². The maximum absolute atomic E-state index is 10.2. The van der Waals surface area contributed by atoms with Crippen LogP contribution in [0.2, 0.25) is 0 Å². The zero-order chi connectivity index (χ0) is 61.4. The van der Waals surface area contributed by atoms with Crippen molar-refractivity contribution < 1.29 is 46.9 Å². The van der Waals surface area contributed by atoms with E-state index in [-0.39, 0.29) is 0 Å². The Morgan fingerprint density at radius 1 is 0.462 bits per heavy atom. The topological polar surface area (TPSA) is 13.1 Å². The van der Waals surface area contributed by atoms with Gasteiger partial charge in [-0.15, -0.1) is 0 Å². The molecule has 1 unspecified atom stereocenters. The molecular formula is C51H34O. The largest absolute Gasteiger partial charge is 0.455 e. The summed E-state index contributed by atoms with van der Waals surface area (Å²) >= 11 is 0. The van der Waals surface area contributed by atoms with Gasteiger partial charge in [0.2, 0.25) is 0 Å². The molecule has 9 aromatic carbocycles. The smallest absolute Gasteiger partial charge is 0.143 e. The average molecular weight is 694 g/mol. The summed E-state index contributed by atoms with van der Waals surface area (Å²) in [7, 11) is 0. The van der Waals surface area contributed by atoms with Gasteiger partial charge >= 0.3 is 0 Å². The van der Waals surface area contributed by atoms with Gasteiger partial charge in [0.05, 0.1) is 38.4 Å². The molecule has 10 aromatic rings. The number of furan rings is 1. The Kier molecular flexibility index (Phi) is 2.50. The van der Waals surface area contributed by atoms with Gasteiger partial charge in [-0.25, -0.2) is 0 Å². The van der Waals surface area contributed by atoms with Gasteiger partial charge in [-0.05, 0) is 107 Å². The van der Waals surface area contributed by atoms with Crippen molar-refractivity contribution >= 4 is 54.3 Å². The van der Waals surface area contributed by atoms with E-state index in [1.54, 1.807) is 0 Å². The van der Waals surface area contributed by atoms with Crippen LogP contribution < -0.4 is 0 Å². The highest BCUT2D eigenvalue weighted by Crippen LogP contribution is 2.53. The third kappa shape index (κ3) is 4.05. The number of hydrogen-bond donors (Lipinski definition) is 0. The Bertz CT molecular complexity index is 4710. The molecule has 0 radical (unpaired) electrons. The van der Waals surface area contributed by atoms with Gasteiger partial charge in [0.1, 0.15) is 11.2 Å². The SMILES string of the molecule is [2H]c1c([2H])c([2H])c(-c2c([2H])c([2H])c3c(c2[2H])C(C)(C([2H])([2H])[2H])c2c([2H])c(-c4c5c([2H])c([2H])c([2H])c([2H])c5c(-c5c([2H])c([2H])c([2H])c6oc7c8c([2H])c([2H])c([2H])c([2H])c8c([2H])c([2H])c7c56)c5c([2H])c([2H])c([2H])c([2H])c45)c([2H])c([2H])c2-3)c([2H])c1[2H]. The summed E-state index contributed by atoms with van der Waals surface area (Å²) in [5, 5.41) is -5.31. The van der Waals surface area contributed by atoms with Gasteiger partial charge in [0.15, 0.2) is 0 Å². The van der Waals surface area contributed by atoms with Gasteiger partial charge in [-0.2, -0.15) is 0 Å². The number of fused-ring (bicyclic) bond motifs is 10. The van der Waals surface area contributed by atoms with Crippen molar-refractivity contribution in [3.8, 4) is 44.5 Å². The van der Waals surface area contributed by atoms with E-state index in [2.05, 4.69) is 0 Å². The molecule has 52 heavy (non-hydrogen) atoms. The Morgan fingerprint density at radius 2 is 1.06 bits per heavy atom. The molecule has 0 amide bonds. The predicted molar refractivity (Wildman–Crippen MR) is 220 cm³/mol. The summed E-state index contributed by atoms with van der Waals surface area (Å²) in [5.74, 6) is 0. The van der Waals surface area contributed by atoms with Crippen LogP contribution in [-0.4, -0.2) is 0 Å². The van der Waals surface area contributed by atoms with E-state index < -0.39 is 291 Å². The number of benzene rings is 9. The summed E-state index contributed by atoms with van der Waals surface area (Å²) in [6, 6.07) is -26.8. The highest BCUT2D eigenvalue weighted by Gasteiger charge is 2.36. The Hall–Kier alpha value is -6.44. The lowest BCUT2D eigenvalue weighted by molar-refractivity contribution is 0.661. The van der Waals surface area contributed by atoms with Crippen molar-refractivity contribution in [2.75, 3.05) is 0 Å². The molecule has 244 valence electrons. The molecule has 1 aliphatic rings. The Balaban J connectivity index is 1.40. The van der Waals surface area contributed by atoms with Crippen molar-refractivity contribution in [1.82, 2.24) is 0 Å². The van der Waals surface area contributed by atoms with Gasteiger partial charge in [0.25, 0.3) is 0 Å². The first-order valence-electron chi connectivity index (χ1n) is 31.2. The Morgan fingerprint density at radius 3 is 1.75 bits per heavy atom. The molecule has 0 aliphatic heterocycles. The average Bonchev–Trinajstić information content (AvgIpc) is 1.76. The molecule has 1 aliphatic carbocycles. The summed E-state index contributed by atoms with van der Waals surface area (Å²) in [5.41, 5.74) is -11.6. The predicted octanol–water partition coefficient (Wildman–Crippen LogP) is 14.4. The normalized spacial score (nSPS) is 23.8.